The SMILES string of the molecule is C=C(C)C(CC)N(CCC)C(=C)C. The molecular weight excluding hydrogens is 158 g/mol. The van der Waals surface area contributed by atoms with Gasteiger partial charge < -0.3 is 4.90 Å². The molecule has 0 fully saturated rings. The zero-order valence-corrected chi connectivity index (χ0v) is 9.56. The molecule has 0 heterocycles. The summed E-state index contributed by atoms with van der Waals surface area (Å²) in [6.07, 6.45) is 2.28. The molecule has 0 radical (unpaired) electrons. The molecule has 0 aliphatic carbocycles. The quantitative estimate of drug-likeness (QED) is 0.566. The van der Waals surface area contributed by atoms with Gasteiger partial charge in [-0.15, -0.1) is 0 Å². The minimum absolute atomic E-state index is 0.470. The van der Waals surface area contributed by atoms with E-state index in [1.807, 2.05) is 0 Å². The minimum Gasteiger partial charge on any atom is -0.369 e. The zero-order valence-electron chi connectivity index (χ0n) is 9.56. The van der Waals surface area contributed by atoms with E-state index in [-0.39, 0.29) is 0 Å². The van der Waals surface area contributed by atoms with Crippen LogP contribution < -0.4 is 0 Å². The third kappa shape index (κ3) is 3.67. The molecule has 0 rings (SSSR count). The predicted molar refractivity (Wildman–Crippen MR) is 60.7 cm³/mol. The molecule has 0 amide bonds. The summed E-state index contributed by atoms with van der Waals surface area (Å²) in [7, 11) is 0. The Bertz CT molecular complexity index is 182. The molecule has 0 N–H and O–H groups in total. The Morgan fingerprint density at radius 3 is 2.00 bits per heavy atom. The molecule has 0 saturated carbocycles. The van der Waals surface area contributed by atoms with Gasteiger partial charge in [0.2, 0.25) is 0 Å². The average molecular weight is 181 g/mol. The van der Waals surface area contributed by atoms with E-state index in [0.29, 0.717) is 6.04 Å². The van der Waals surface area contributed by atoms with Crippen LogP contribution in [0.4, 0.5) is 0 Å². The van der Waals surface area contributed by atoms with Crippen LogP contribution in [0.3, 0.4) is 0 Å². The molecule has 0 aromatic heterocycles. The lowest BCUT2D eigenvalue weighted by Gasteiger charge is -2.33. The second kappa shape index (κ2) is 5.85. The third-order valence-corrected chi connectivity index (χ3v) is 2.29. The monoisotopic (exact) mass is 181 g/mol. The van der Waals surface area contributed by atoms with Gasteiger partial charge in [-0.1, -0.05) is 32.6 Å². The molecule has 0 aliphatic heterocycles. The van der Waals surface area contributed by atoms with E-state index in [1.165, 1.54) is 5.57 Å². The molecule has 1 nitrogen and oxygen atoms in total. The topological polar surface area (TPSA) is 3.24 Å². The van der Waals surface area contributed by atoms with Gasteiger partial charge in [0.1, 0.15) is 0 Å². The molecule has 1 atom stereocenters. The number of hydrogen-bond donors (Lipinski definition) is 0. The van der Waals surface area contributed by atoms with Crippen LogP contribution >= 0.6 is 0 Å². The van der Waals surface area contributed by atoms with Crippen molar-refractivity contribution in [3.8, 4) is 0 Å². The fourth-order valence-electron chi connectivity index (χ4n) is 1.69. The standard InChI is InChI=1S/C12H23N/c1-7-9-13(11(5)6)12(8-2)10(3)4/h12H,3,5,7-9H2,1-2,4,6H3. The smallest absolute Gasteiger partial charge is 0.0491 e. The summed E-state index contributed by atoms with van der Waals surface area (Å²) in [5, 5.41) is 0. The summed E-state index contributed by atoms with van der Waals surface area (Å²) in [6, 6.07) is 0.470. The number of allylic oxidation sites excluding steroid dienone is 1. The first-order valence-corrected chi connectivity index (χ1v) is 5.12. The molecule has 0 aliphatic rings. The normalized spacial score (nSPS) is 12.3. The van der Waals surface area contributed by atoms with Crippen molar-refractivity contribution in [3.63, 3.8) is 0 Å². The van der Waals surface area contributed by atoms with Gasteiger partial charge in [-0.05, 0) is 26.7 Å². The predicted octanol–water partition coefficient (Wildman–Crippen LogP) is 3.59. The lowest BCUT2D eigenvalue weighted by molar-refractivity contribution is 0.277. The Labute approximate surface area is 83.1 Å². The Morgan fingerprint density at radius 1 is 1.23 bits per heavy atom. The van der Waals surface area contributed by atoms with Crippen molar-refractivity contribution in [1.29, 1.82) is 0 Å². The van der Waals surface area contributed by atoms with Crippen molar-refractivity contribution in [2.75, 3.05) is 6.54 Å². The van der Waals surface area contributed by atoms with Gasteiger partial charge in [0.25, 0.3) is 0 Å². The molecule has 1 heteroatoms. The summed E-state index contributed by atoms with van der Waals surface area (Å²) < 4.78 is 0. The van der Waals surface area contributed by atoms with Gasteiger partial charge in [-0.25, -0.2) is 0 Å². The van der Waals surface area contributed by atoms with Crippen molar-refractivity contribution < 1.29 is 0 Å². The van der Waals surface area contributed by atoms with Gasteiger partial charge in [0, 0.05) is 18.3 Å². The van der Waals surface area contributed by atoms with E-state index in [1.54, 1.807) is 0 Å². The van der Waals surface area contributed by atoms with E-state index >= 15 is 0 Å². The number of rotatable bonds is 6. The molecule has 13 heavy (non-hydrogen) atoms. The van der Waals surface area contributed by atoms with Crippen LogP contribution in [0.2, 0.25) is 0 Å². The summed E-state index contributed by atoms with van der Waals surface area (Å²) >= 11 is 0. The maximum atomic E-state index is 4.03. The molecule has 0 spiro atoms. The van der Waals surface area contributed by atoms with E-state index in [9.17, 15) is 0 Å². The lowest BCUT2D eigenvalue weighted by atomic mass is 10.1. The minimum atomic E-state index is 0.470. The van der Waals surface area contributed by atoms with E-state index < -0.39 is 0 Å². The fraction of sp³-hybridized carbons (Fsp3) is 0.667. The van der Waals surface area contributed by atoms with E-state index in [0.717, 1.165) is 25.1 Å². The number of nitrogens with zero attached hydrogens (tertiary/aromatic N) is 1. The first-order valence-electron chi connectivity index (χ1n) is 5.12. The summed E-state index contributed by atoms with van der Waals surface area (Å²) in [4.78, 5) is 2.35. The molecule has 1 unspecified atom stereocenters. The fourth-order valence-corrected chi connectivity index (χ4v) is 1.69. The van der Waals surface area contributed by atoms with Crippen LogP contribution in [-0.4, -0.2) is 17.5 Å². The van der Waals surface area contributed by atoms with E-state index in [4.69, 9.17) is 0 Å². The van der Waals surface area contributed by atoms with Gasteiger partial charge >= 0.3 is 0 Å². The first kappa shape index (κ1) is 12.3. The van der Waals surface area contributed by atoms with E-state index in [2.05, 4.69) is 45.8 Å². The second-order valence-electron chi connectivity index (χ2n) is 3.70. The Hall–Kier alpha value is -0.720. The van der Waals surface area contributed by atoms with Crippen molar-refractivity contribution in [2.24, 2.45) is 0 Å². The highest BCUT2D eigenvalue weighted by Gasteiger charge is 2.15. The highest BCUT2D eigenvalue weighted by atomic mass is 15.2. The van der Waals surface area contributed by atoms with Crippen molar-refractivity contribution in [1.82, 2.24) is 4.90 Å². The maximum absolute atomic E-state index is 4.03. The molecule has 0 bridgehead atoms. The van der Waals surface area contributed by atoms with Gasteiger partial charge in [0.15, 0.2) is 0 Å². The van der Waals surface area contributed by atoms with Crippen LogP contribution in [-0.2, 0) is 0 Å². The van der Waals surface area contributed by atoms with Crippen LogP contribution in [0.1, 0.15) is 40.5 Å². The highest BCUT2D eigenvalue weighted by molar-refractivity contribution is 5.07. The summed E-state index contributed by atoms with van der Waals surface area (Å²) in [6.45, 7) is 17.7. The highest BCUT2D eigenvalue weighted by Crippen LogP contribution is 2.17. The van der Waals surface area contributed by atoms with Crippen molar-refractivity contribution in [3.05, 3.63) is 24.4 Å². The summed E-state index contributed by atoms with van der Waals surface area (Å²) in [5.41, 5.74) is 2.38. The van der Waals surface area contributed by atoms with Gasteiger partial charge in [0.05, 0.1) is 0 Å². The lowest BCUT2D eigenvalue weighted by Crippen LogP contribution is -2.34. The largest absolute Gasteiger partial charge is 0.369 e. The third-order valence-electron chi connectivity index (χ3n) is 2.29. The molecule has 0 aromatic rings. The molecule has 0 aromatic carbocycles. The van der Waals surface area contributed by atoms with Crippen molar-refractivity contribution in [2.45, 2.75) is 46.6 Å². The molecule has 76 valence electrons. The Kier molecular flexibility index (Phi) is 5.52. The van der Waals surface area contributed by atoms with Crippen molar-refractivity contribution >= 4 is 0 Å². The zero-order chi connectivity index (χ0) is 10.4. The first-order chi connectivity index (χ1) is 6.04. The Balaban J connectivity index is 4.48. The summed E-state index contributed by atoms with van der Waals surface area (Å²) in [5.74, 6) is 0. The van der Waals surface area contributed by atoms with Gasteiger partial charge in [-0.2, -0.15) is 0 Å². The van der Waals surface area contributed by atoms with Crippen LogP contribution in [0, 0.1) is 0 Å². The molecule has 0 saturated heterocycles. The van der Waals surface area contributed by atoms with Crippen LogP contribution in [0.15, 0.2) is 24.4 Å². The average Bonchev–Trinajstić information content (AvgIpc) is 2.03. The molecular formula is C12H23N. The Morgan fingerprint density at radius 2 is 1.77 bits per heavy atom. The van der Waals surface area contributed by atoms with Crippen LogP contribution in [0.5, 0.6) is 0 Å². The number of hydrogen-bond acceptors (Lipinski definition) is 1. The maximum Gasteiger partial charge on any atom is 0.0491 e. The van der Waals surface area contributed by atoms with Gasteiger partial charge in [-0.3, -0.25) is 0 Å². The second-order valence-corrected chi connectivity index (χ2v) is 3.70. The van der Waals surface area contributed by atoms with Crippen LogP contribution in [0.25, 0.3) is 0 Å².